The summed E-state index contributed by atoms with van der Waals surface area (Å²) in [6.07, 6.45) is 0.135. The van der Waals surface area contributed by atoms with E-state index < -0.39 is 0 Å². The highest BCUT2D eigenvalue weighted by Gasteiger charge is 2.16. The molecule has 0 saturated carbocycles. The van der Waals surface area contributed by atoms with Crippen molar-refractivity contribution in [2.24, 2.45) is 0 Å². The number of thiophene rings is 1. The van der Waals surface area contributed by atoms with E-state index in [-0.39, 0.29) is 12.3 Å². The molecule has 1 aromatic carbocycles. The van der Waals surface area contributed by atoms with E-state index in [4.69, 9.17) is 13.9 Å². The minimum Gasteiger partial charge on any atom is -0.493 e. The third-order valence-corrected chi connectivity index (χ3v) is 4.56. The maximum absolute atomic E-state index is 12.4. The molecule has 0 aliphatic rings. The highest BCUT2D eigenvalue weighted by atomic mass is 32.1. The second-order valence-electron chi connectivity index (χ2n) is 5.52. The summed E-state index contributed by atoms with van der Waals surface area (Å²) in [6.45, 7) is 4.26. The van der Waals surface area contributed by atoms with Crippen LogP contribution in [0.2, 0.25) is 0 Å². The standard InChI is InChI=1S/C19H20N2O4S/c1-4-24-15-8-7-13(10-16(15)23-3)20-18(22)11-14-12(2)25-19(21-14)17-6-5-9-26-17/h5-10H,4,11H2,1-3H3,(H,20,22). The number of oxazole rings is 1. The molecule has 3 aromatic rings. The molecule has 0 aliphatic heterocycles. The Bertz CT molecular complexity index is 887. The van der Waals surface area contributed by atoms with E-state index in [1.807, 2.05) is 31.4 Å². The predicted molar refractivity (Wildman–Crippen MR) is 101 cm³/mol. The van der Waals surface area contributed by atoms with Gasteiger partial charge in [-0.3, -0.25) is 4.79 Å². The zero-order chi connectivity index (χ0) is 18.5. The monoisotopic (exact) mass is 372 g/mol. The van der Waals surface area contributed by atoms with E-state index in [0.717, 1.165) is 4.88 Å². The van der Waals surface area contributed by atoms with Gasteiger partial charge in [0.25, 0.3) is 0 Å². The number of carbonyl (C=O) groups is 1. The van der Waals surface area contributed by atoms with Gasteiger partial charge in [-0.25, -0.2) is 4.98 Å². The van der Waals surface area contributed by atoms with Gasteiger partial charge in [0.15, 0.2) is 11.5 Å². The average Bonchev–Trinajstić information content (AvgIpc) is 3.27. The number of amides is 1. The Kier molecular flexibility index (Phi) is 5.58. The van der Waals surface area contributed by atoms with Crippen LogP contribution in [0.3, 0.4) is 0 Å². The van der Waals surface area contributed by atoms with Gasteiger partial charge in [-0.2, -0.15) is 0 Å². The molecule has 0 spiro atoms. The smallest absolute Gasteiger partial charge is 0.236 e. The summed E-state index contributed by atoms with van der Waals surface area (Å²) in [7, 11) is 1.56. The molecule has 0 unspecified atom stereocenters. The van der Waals surface area contributed by atoms with Crippen LogP contribution in [0.5, 0.6) is 11.5 Å². The van der Waals surface area contributed by atoms with Gasteiger partial charge in [0.2, 0.25) is 11.8 Å². The van der Waals surface area contributed by atoms with Gasteiger partial charge in [0.05, 0.1) is 30.7 Å². The fourth-order valence-electron chi connectivity index (χ4n) is 2.48. The van der Waals surface area contributed by atoms with Crippen molar-refractivity contribution >= 4 is 22.9 Å². The second kappa shape index (κ2) is 8.05. The van der Waals surface area contributed by atoms with Crippen LogP contribution in [-0.2, 0) is 11.2 Å². The van der Waals surface area contributed by atoms with Crippen molar-refractivity contribution in [2.45, 2.75) is 20.3 Å². The van der Waals surface area contributed by atoms with Crippen molar-refractivity contribution in [3.63, 3.8) is 0 Å². The summed E-state index contributed by atoms with van der Waals surface area (Å²) in [6, 6.07) is 9.15. The van der Waals surface area contributed by atoms with E-state index in [0.29, 0.717) is 41.1 Å². The minimum atomic E-state index is -0.176. The Morgan fingerprint density at radius 1 is 1.31 bits per heavy atom. The van der Waals surface area contributed by atoms with Crippen molar-refractivity contribution in [1.29, 1.82) is 0 Å². The second-order valence-corrected chi connectivity index (χ2v) is 6.47. The van der Waals surface area contributed by atoms with Gasteiger partial charge < -0.3 is 19.2 Å². The minimum absolute atomic E-state index is 0.135. The number of hydrogen-bond acceptors (Lipinski definition) is 6. The van der Waals surface area contributed by atoms with Crippen LogP contribution in [0, 0.1) is 6.92 Å². The van der Waals surface area contributed by atoms with Crippen LogP contribution in [0.4, 0.5) is 5.69 Å². The number of nitrogens with one attached hydrogen (secondary N) is 1. The molecule has 1 amide bonds. The van der Waals surface area contributed by atoms with E-state index in [2.05, 4.69) is 10.3 Å². The van der Waals surface area contributed by atoms with Gasteiger partial charge in [-0.1, -0.05) is 6.07 Å². The van der Waals surface area contributed by atoms with Crippen LogP contribution in [0.25, 0.3) is 10.8 Å². The number of aryl methyl sites for hydroxylation is 1. The molecule has 2 heterocycles. The van der Waals surface area contributed by atoms with Crippen molar-refractivity contribution < 1.29 is 18.7 Å². The molecule has 0 atom stereocenters. The van der Waals surface area contributed by atoms with Gasteiger partial charge in [-0.05, 0) is 37.4 Å². The van der Waals surface area contributed by atoms with Gasteiger partial charge in [-0.15, -0.1) is 11.3 Å². The molecule has 2 aromatic heterocycles. The van der Waals surface area contributed by atoms with Crippen molar-refractivity contribution in [3.05, 3.63) is 47.2 Å². The van der Waals surface area contributed by atoms with Crippen LogP contribution in [0.15, 0.2) is 40.1 Å². The Hall–Kier alpha value is -2.80. The molecule has 136 valence electrons. The first-order valence-corrected chi connectivity index (χ1v) is 9.09. The molecular formula is C19H20N2O4S. The maximum atomic E-state index is 12.4. The van der Waals surface area contributed by atoms with E-state index in [9.17, 15) is 4.79 Å². The lowest BCUT2D eigenvalue weighted by Crippen LogP contribution is -2.15. The summed E-state index contributed by atoms with van der Waals surface area (Å²) in [5, 5.41) is 4.81. The van der Waals surface area contributed by atoms with E-state index in [1.165, 1.54) is 0 Å². The maximum Gasteiger partial charge on any atom is 0.236 e. The number of carbonyl (C=O) groups excluding carboxylic acids is 1. The van der Waals surface area contributed by atoms with Gasteiger partial charge in [0.1, 0.15) is 5.76 Å². The van der Waals surface area contributed by atoms with Crippen molar-refractivity contribution in [1.82, 2.24) is 4.98 Å². The summed E-state index contributed by atoms with van der Waals surface area (Å²) in [4.78, 5) is 17.8. The lowest BCUT2D eigenvalue weighted by atomic mass is 10.2. The molecule has 7 heteroatoms. The Morgan fingerprint density at radius 3 is 2.85 bits per heavy atom. The molecule has 3 rings (SSSR count). The Morgan fingerprint density at radius 2 is 2.15 bits per heavy atom. The SMILES string of the molecule is CCOc1ccc(NC(=O)Cc2nc(-c3cccs3)oc2C)cc1OC. The number of benzene rings is 1. The summed E-state index contributed by atoms with van der Waals surface area (Å²) in [5.41, 5.74) is 1.26. The molecule has 0 fully saturated rings. The Balaban J connectivity index is 1.69. The number of rotatable bonds is 7. The molecule has 1 N–H and O–H groups in total. The predicted octanol–water partition coefficient (Wildman–Crippen LogP) is 4.30. The largest absolute Gasteiger partial charge is 0.493 e. The number of ether oxygens (including phenoxy) is 2. The summed E-state index contributed by atoms with van der Waals surface area (Å²) < 4.78 is 16.4. The molecule has 0 radical (unpaired) electrons. The number of methoxy groups -OCH3 is 1. The summed E-state index contributed by atoms with van der Waals surface area (Å²) >= 11 is 1.55. The fraction of sp³-hybridized carbons (Fsp3) is 0.263. The lowest BCUT2D eigenvalue weighted by Gasteiger charge is -2.11. The van der Waals surface area contributed by atoms with E-state index >= 15 is 0 Å². The van der Waals surface area contributed by atoms with Crippen LogP contribution >= 0.6 is 11.3 Å². The highest BCUT2D eigenvalue weighted by molar-refractivity contribution is 7.13. The van der Waals surface area contributed by atoms with Crippen molar-refractivity contribution in [3.8, 4) is 22.3 Å². The van der Waals surface area contributed by atoms with Gasteiger partial charge in [0, 0.05) is 11.8 Å². The average molecular weight is 372 g/mol. The summed E-state index contributed by atoms with van der Waals surface area (Å²) in [5.74, 6) is 2.23. The number of hydrogen-bond donors (Lipinski definition) is 1. The fourth-order valence-corrected chi connectivity index (χ4v) is 3.12. The number of nitrogens with zero attached hydrogens (tertiary/aromatic N) is 1. The third-order valence-electron chi connectivity index (χ3n) is 3.70. The first kappa shape index (κ1) is 18.0. The third kappa shape index (κ3) is 4.05. The molecule has 0 bridgehead atoms. The highest BCUT2D eigenvalue weighted by Crippen LogP contribution is 2.30. The molecule has 6 nitrogen and oxygen atoms in total. The first-order valence-electron chi connectivity index (χ1n) is 8.21. The van der Waals surface area contributed by atoms with Crippen molar-refractivity contribution in [2.75, 3.05) is 19.0 Å². The zero-order valence-corrected chi connectivity index (χ0v) is 15.7. The number of anilines is 1. The van der Waals surface area contributed by atoms with Crippen LogP contribution in [-0.4, -0.2) is 24.6 Å². The molecule has 0 saturated heterocycles. The van der Waals surface area contributed by atoms with Crippen LogP contribution < -0.4 is 14.8 Å². The molecular weight excluding hydrogens is 352 g/mol. The Labute approximate surface area is 155 Å². The quantitative estimate of drug-likeness (QED) is 0.669. The van der Waals surface area contributed by atoms with Crippen LogP contribution in [0.1, 0.15) is 18.4 Å². The lowest BCUT2D eigenvalue weighted by molar-refractivity contribution is -0.115. The molecule has 0 aliphatic carbocycles. The number of aromatic nitrogens is 1. The topological polar surface area (TPSA) is 73.6 Å². The first-order chi connectivity index (χ1) is 12.6. The normalized spacial score (nSPS) is 10.6. The van der Waals surface area contributed by atoms with Gasteiger partial charge >= 0.3 is 0 Å². The molecule has 26 heavy (non-hydrogen) atoms. The zero-order valence-electron chi connectivity index (χ0n) is 14.9. The van der Waals surface area contributed by atoms with E-state index in [1.54, 1.807) is 36.6 Å².